The molecule has 1 aromatic heterocycles. The first kappa shape index (κ1) is 12.5. The highest BCUT2D eigenvalue weighted by molar-refractivity contribution is 5.13. The smallest absolute Gasteiger partial charge is 0.266 e. The van der Waals surface area contributed by atoms with Gasteiger partial charge in [0.25, 0.3) is 5.56 Å². The van der Waals surface area contributed by atoms with Crippen LogP contribution in [-0.2, 0) is 6.54 Å². The summed E-state index contributed by atoms with van der Waals surface area (Å²) in [4.78, 5) is 12.0. The Kier molecular flexibility index (Phi) is 2.76. The Hall–Kier alpha value is -1.20. The van der Waals surface area contributed by atoms with Crippen molar-refractivity contribution in [2.24, 2.45) is 0 Å². The van der Waals surface area contributed by atoms with E-state index in [1.165, 1.54) is 17.5 Å². The lowest BCUT2D eigenvalue weighted by molar-refractivity contribution is -0.0251. The van der Waals surface area contributed by atoms with Gasteiger partial charge in [0.2, 0.25) is 0 Å². The van der Waals surface area contributed by atoms with E-state index in [-0.39, 0.29) is 5.56 Å². The van der Waals surface area contributed by atoms with Crippen molar-refractivity contribution in [2.45, 2.75) is 68.7 Å². The Bertz CT molecular complexity index is 567. The van der Waals surface area contributed by atoms with E-state index in [1.54, 1.807) is 6.07 Å². The minimum atomic E-state index is -0.782. The van der Waals surface area contributed by atoms with Gasteiger partial charge < -0.3 is 10.4 Å². The minimum Gasteiger partial charge on any atom is -0.388 e. The van der Waals surface area contributed by atoms with Crippen LogP contribution in [0.2, 0.25) is 0 Å². The van der Waals surface area contributed by atoms with Crippen molar-refractivity contribution >= 4 is 0 Å². The van der Waals surface area contributed by atoms with Gasteiger partial charge in [-0.15, -0.1) is 0 Å². The van der Waals surface area contributed by atoms with Crippen molar-refractivity contribution in [1.29, 1.82) is 0 Å². The van der Waals surface area contributed by atoms with Crippen LogP contribution in [0.3, 0.4) is 0 Å². The summed E-state index contributed by atoms with van der Waals surface area (Å²) in [5.41, 5.74) is 0.120. The van der Waals surface area contributed by atoms with Gasteiger partial charge in [-0.1, -0.05) is 0 Å². The molecule has 0 amide bonds. The van der Waals surface area contributed by atoms with Crippen LogP contribution < -0.4 is 10.9 Å². The summed E-state index contributed by atoms with van der Waals surface area (Å²) in [6.45, 7) is 0.334. The fourth-order valence-corrected chi connectivity index (χ4v) is 3.81. The molecule has 1 aliphatic carbocycles. The molecule has 1 saturated carbocycles. The summed E-state index contributed by atoms with van der Waals surface area (Å²) in [7, 11) is 0. The average molecular weight is 275 g/mol. The number of rotatable bonds is 3. The number of fused-ring (bicyclic) bond motifs is 2. The van der Waals surface area contributed by atoms with Crippen molar-refractivity contribution in [3.05, 3.63) is 28.2 Å². The zero-order chi connectivity index (χ0) is 13.7. The van der Waals surface area contributed by atoms with Crippen molar-refractivity contribution in [2.75, 3.05) is 0 Å². The van der Waals surface area contributed by atoms with E-state index < -0.39 is 5.60 Å². The molecule has 0 aromatic carbocycles. The Morgan fingerprint density at radius 3 is 2.60 bits per heavy atom. The highest BCUT2D eigenvalue weighted by Crippen LogP contribution is 2.38. The molecule has 0 radical (unpaired) electrons. The molecule has 2 aliphatic heterocycles. The lowest BCUT2D eigenvalue weighted by Crippen LogP contribution is -2.51. The first-order valence-electron chi connectivity index (χ1n) is 7.68. The van der Waals surface area contributed by atoms with Crippen LogP contribution in [0.25, 0.3) is 0 Å². The van der Waals surface area contributed by atoms with E-state index in [4.69, 9.17) is 0 Å². The van der Waals surface area contributed by atoms with Gasteiger partial charge in [0, 0.05) is 24.1 Å². The van der Waals surface area contributed by atoms with Crippen LogP contribution in [0, 0.1) is 0 Å². The molecule has 1 aromatic rings. The zero-order valence-electron chi connectivity index (χ0n) is 11.6. The molecule has 108 valence electrons. The third-order valence-corrected chi connectivity index (χ3v) is 4.91. The summed E-state index contributed by atoms with van der Waals surface area (Å²) in [5, 5.41) is 18.8. The molecule has 3 aliphatic rings. The van der Waals surface area contributed by atoms with E-state index in [2.05, 4.69) is 10.4 Å². The summed E-state index contributed by atoms with van der Waals surface area (Å²) in [5.74, 6) is 0.528. The van der Waals surface area contributed by atoms with Crippen LogP contribution in [0.15, 0.2) is 16.9 Å². The van der Waals surface area contributed by atoms with Gasteiger partial charge in [0.15, 0.2) is 0 Å². The number of hydrogen-bond donors (Lipinski definition) is 2. The molecule has 2 atom stereocenters. The maximum Gasteiger partial charge on any atom is 0.266 e. The fraction of sp³-hybridized carbons (Fsp3) is 0.733. The van der Waals surface area contributed by atoms with E-state index in [1.807, 2.05) is 6.07 Å². The summed E-state index contributed by atoms with van der Waals surface area (Å²) >= 11 is 0. The molecule has 3 fully saturated rings. The molecular formula is C15H21N3O2. The monoisotopic (exact) mass is 275 g/mol. The number of aliphatic hydroxyl groups is 1. The van der Waals surface area contributed by atoms with Crippen molar-refractivity contribution < 1.29 is 5.11 Å². The lowest BCUT2D eigenvalue weighted by atomic mass is 9.87. The van der Waals surface area contributed by atoms with Gasteiger partial charge in [-0.25, -0.2) is 4.68 Å². The maximum atomic E-state index is 12.0. The summed E-state index contributed by atoms with van der Waals surface area (Å²) < 4.78 is 1.48. The topological polar surface area (TPSA) is 67.2 Å². The molecule has 2 N–H and O–H groups in total. The number of nitrogens with zero attached hydrogens (tertiary/aromatic N) is 2. The highest BCUT2D eigenvalue weighted by Gasteiger charge is 2.43. The van der Waals surface area contributed by atoms with Crippen LogP contribution in [-0.4, -0.2) is 32.6 Å². The number of aromatic nitrogens is 2. The van der Waals surface area contributed by atoms with E-state index >= 15 is 0 Å². The summed E-state index contributed by atoms with van der Waals surface area (Å²) in [6.07, 6.45) is 6.07. The number of nitrogens with one attached hydrogen (secondary N) is 1. The zero-order valence-corrected chi connectivity index (χ0v) is 11.6. The van der Waals surface area contributed by atoms with Crippen LogP contribution in [0.4, 0.5) is 0 Å². The maximum absolute atomic E-state index is 12.0. The number of piperidine rings is 1. The molecule has 4 rings (SSSR count). The molecule has 20 heavy (non-hydrogen) atoms. The Morgan fingerprint density at radius 2 is 1.95 bits per heavy atom. The molecule has 5 heteroatoms. The van der Waals surface area contributed by atoms with Crippen molar-refractivity contribution in [3.63, 3.8) is 0 Å². The van der Waals surface area contributed by atoms with Gasteiger partial charge in [0.05, 0.1) is 17.8 Å². The van der Waals surface area contributed by atoms with E-state index in [9.17, 15) is 9.90 Å². The third-order valence-electron chi connectivity index (χ3n) is 4.91. The quantitative estimate of drug-likeness (QED) is 0.855. The Labute approximate surface area is 118 Å². The minimum absolute atomic E-state index is 0.103. The van der Waals surface area contributed by atoms with E-state index in [0.29, 0.717) is 24.5 Å². The van der Waals surface area contributed by atoms with Crippen molar-refractivity contribution in [3.8, 4) is 0 Å². The first-order valence-corrected chi connectivity index (χ1v) is 7.68. The Morgan fingerprint density at radius 1 is 1.25 bits per heavy atom. The SMILES string of the molecule is O=c1ccc(C2CC2)nn1CC1(O)CC2CCC(C1)N2. The van der Waals surface area contributed by atoms with Gasteiger partial charge in [-0.3, -0.25) is 4.79 Å². The number of hydrogen-bond acceptors (Lipinski definition) is 4. The predicted molar refractivity (Wildman–Crippen MR) is 74.6 cm³/mol. The molecular weight excluding hydrogens is 254 g/mol. The van der Waals surface area contributed by atoms with Gasteiger partial charge in [0.1, 0.15) is 0 Å². The predicted octanol–water partition coefficient (Wildman–Crippen LogP) is 0.766. The van der Waals surface area contributed by atoms with Gasteiger partial charge in [-0.05, 0) is 44.6 Å². The van der Waals surface area contributed by atoms with Crippen molar-refractivity contribution in [1.82, 2.24) is 15.1 Å². The summed E-state index contributed by atoms with van der Waals surface area (Å²) in [6, 6.07) is 4.24. The molecule has 0 spiro atoms. The van der Waals surface area contributed by atoms with Crippen LogP contribution >= 0.6 is 0 Å². The second kappa shape index (κ2) is 4.40. The normalized spacial score (nSPS) is 36.2. The molecule has 2 saturated heterocycles. The highest BCUT2D eigenvalue weighted by atomic mass is 16.3. The lowest BCUT2D eigenvalue weighted by Gasteiger charge is -2.37. The second-order valence-electron chi connectivity index (χ2n) is 6.80. The van der Waals surface area contributed by atoms with Gasteiger partial charge >= 0.3 is 0 Å². The molecule has 5 nitrogen and oxygen atoms in total. The van der Waals surface area contributed by atoms with Crippen LogP contribution in [0.5, 0.6) is 0 Å². The first-order chi connectivity index (χ1) is 9.61. The average Bonchev–Trinajstić information content (AvgIpc) is 3.18. The molecule has 2 unspecified atom stereocenters. The molecule has 3 heterocycles. The Balaban J connectivity index is 1.58. The standard InChI is InChI=1S/C15H21N3O2/c19-14-6-5-13(10-1-2-10)17-18(14)9-15(20)7-11-3-4-12(8-15)16-11/h5-6,10-12,16,20H,1-4,7-9H2. The third kappa shape index (κ3) is 2.29. The largest absolute Gasteiger partial charge is 0.388 e. The fourth-order valence-electron chi connectivity index (χ4n) is 3.81. The van der Waals surface area contributed by atoms with Crippen LogP contribution in [0.1, 0.15) is 50.1 Å². The van der Waals surface area contributed by atoms with Gasteiger partial charge in [-0.2, -0.15) is 5.10 Å². The van der Waals surface area contributed by atoms with E-state index in [0.717, 1.165) is 31.4 Å². The molecule has 2 bridgehead atoms. The second-order valence-corrected chi connectivity index (χ2v) is 6.80.